The number of carbonyl (C=O) groups is 1. The van der Waals surface area contributed by atoms with Gasteiger partial charge in [0.2, 0.25) is 5.91 Å². The average Bonchev–Trinajstić information content (AvgIpc) is 3.14. The maximum atomic E-state index is 12.7. The van der Waals surface area contributed by atoms with Crippen LogP contribution in [-0.4, -0.2) is 47.8 Å². The Labute approximate surface area is 326 Å². The van der Waals surface area contributed by atoms with Crippen LogP contribution in [0.2, 0.25) is 0 Å². The number of nitrogens with one attached hydrogen (secondary N) is 1. The Morgan fingerprint density at radius 3 is 1.49 bits per heavy atom. The van der Waals surface area contributed by atoms with Crippen LogP contribution in [0.5, 0.6) is 0 Å². The van der Waals surface area contributed by atoms with Gasteiger partial charge in [-0.25, -0.2) is 4.57 Å². The van der Waals surface area contributed by atoms with Gasteiger partial charge in [0, 0.05) is 13.0 Å². The molecule has 0 spiro atoms. The highest BCUT2D eigenvalue weighted by molar-refractivity contribution is 7.47. The van der Waals surface area contributed by atoms with Gasteiger partial charge in [-0.3, -0.25) is 13.8 Å². The van der Waals surface area contributed by atoms with Crippen LogP contribution in [0, 0.1) is 0 Å². The molecule has 0 aliphatic heterocycles. The number of hydrogen-bond acceptors (Lipinski definition) is 6. The highest BCUT2D eigenvalue weighted by Crippen LogP contribution is 2.43. The summed E-state index contributed by atoms with van der Waals surface area (Å²) in [5.74, 6) is -0.241. The molecule has 0 fully saturated rings. The van der Waals surface area contributed by atoms with E-state index in [1.165, 1.54) is 116 Å². The fourth-order valence-electron chi connectivity index (χ4n) is 6.21. The summed E-state index contributed by atoms with van der Waals surface area (Å²) >= 11 is 0. The van der Waals surface area contributed by atoms with Crippen LogP contribution < -0.4 is 11.1 Å². The average molecular weight is 767 g/mol. The standard InChI is InChI=1S/C44H83N2O6P/c1-3-5-7-9-11-13-15-17-18-19-20-21-22-23-24-26-27-29-31-33-35-37-43(47)42(41-52-53(49,50)51-40-39-45)46-44(48)38-36-34-32-30-28-25-16-14-12-10-8-6-4-2/h6,8,12,14,25,28,32,34,42-43,47H,3-5,7,9-11,13,15-24,26-27,29-31,33,35-41,45H2,1-2H3,(H,46,48)(H,49,50)/b8-6-,14-12-,28-25-,34-32-. The second-order valence-electron chi connectivity index (χ2n) is 14.5. The van der Waals surface area contributed by atoms with Gasteiger partial charge in [-0.05, 0) is 38.5 Å². The lowest BCUT2D eigenvalue weighted by molar-refractivity contribution is -0.123. The Balaban J connectivity index is 4.18. The van der Waals surface area contributed by atoms with Gasteiger partial charge in [0.15, 0.2) is 0 Å². The molecule has 0 aromatic carbocycles. The summed E-state index contributed by atoms with van der Waals surface area (Å²) in [5, 5.41) is 13.7. The van der Waals surface area contributed by atoms with Crippen LogP contribution in [-0.2, 0) is 18.4 Å². The van der Waals surface area contributed by atoms with E-state index in [4.69, 9.17) is 14.8 Å². The summed E-state index contributed by atoms with van der Waals surface area (Å²) in [6.45, 7) is 4.04. The maximum Gasteiger partial charge on any atom is 0.472 e. The molecule has 1 amide bonds. The lowest BCUT2D eigenvalue weighted by atomic mass is 10.0. The zero-order valence-electron chi connectivity index (χ0n) is 34.2. The summed E-state index contributed by atoms with van der Waals surface area (Å²) in [7, 11) is -4.33. The fourth-order valence-corrected chi connectivity index (χ4v) is 6.97. The zero-order valence-corrected chi connectivity index (χ0v) is 35.1. The molecule has 0 aliphatic rings. The molecule has 0 aromatic heterocycles. The number of rotatable bonds is 40. The number of hydrogen-bond donors (Lipinski definition) is 4. The maximum absolute atomic E-state index is 12.7. The van der Waals surface area contributed by atoms with Crippen molar-refractivity contribution in [1.29, 1.82) is 0 Å². The first-order valence-corrected chi connectivity index (χ1v) is 23.2. The molecule has 0 rings (SSSR count). The minimum atomic E-state index is -4.33. The van der Waals surface area contributed by atoms with E-state index in [1.54, 1.807) is 0 Å². The van der Waals surface area contributed by atoms with E-state index in [2.05, 4.69) is 55.6 Å². The summed E-state index contributed by atoms with van der Waals surface area (Å²) in [5.41, 5.74) is 5.37. The second-order valence-corrected chi connectivity index (χ2v) is 16.0. The predicted molar refractivity (Wildman–Crippen MR) is 226 cm³/mol. The van der Waals surface area contributed by atoms with Crippen LogP contribution in [0.15, 0.2) is 48.6 Å². The number of carbonyl (C=O) groups excluding carboxylic acids is 1. The van der Waals surface area contributed by atoms with Crippen molar-refractivity contribution in [2.45, 2.75) is 206 Å². The highest BCUT2D eigenvalue weighted by Gasteiger charge is 2.27. The van der Waals surface area contributed by atoms with Gasteiger partial charge in [-0.1, -0.05) is 197 Å². The number of phosphoric acid groups is 1. The van der Waals surface area contributed by atoms with Crippen LogP contribution >= 0.6 is 7.82 Å². The highest BCUT2D eigenvalue weighted by atomic mass is 31.2. The van der Waals surface area contributed by atoms with Gasteiger partial charge in [-0.2, -0.15) is 0 Å². The molecule has 0 aromatic rings. The first kappa shape index (κ1) is 51.5. The topological polar surface area (TPSA) is 131 Å². The van der Waals surface area contributed by atoms with E-state index >= 15 is 0 Å². The zero-order chi connectivity index (χ0) is 38.9. The van der Waals surface area contributed by atoms with Crippen molar-refractivity contribution in [2.75, 3.05) is 19.8 Å². The molecule has 0 radical (unpaired) electrons. The largest absolute Gasteiger partial charge is 0.472 e. The molecular formula is C44H83N2O6P. The number of amides is 1. The summed E-state index contributed by atoms with van der Waals surface area (Å²) in [6, 6.07) is -0.813. The van der Waals surface area contributed by atoms with E-state index < -0.39 is 20.0 Å². The molecule has 9 heteroatoms. The van der Waals surface area contributed by atoms with Crippen molar-refractivity contribution in [1.82, 2.24) is 5.32 Å². The van der Waals surface area contributed by atoms with Crippen LogP contribution in [0.3, 0.4) is 0 Å². The van der Waals surface area contributed by atoms with E-state index in [0.717, 1.165) is 44.9 Å². The lowest BCUT2D eigenvalue weighted by Gasteiger charge is -2.25. The smallest absolute Gasteiger partial charge is 0.391 e. The minimum absolute atomic E-state index is 0.0769. The predicted octanol–water partition coefficient (Wildman–Crippen LogP) is 12.1. The minimum Gasteiger partial charge on any atom is -0.391 e. The Kier molecular flexibility index (Phi) is 39.0. The normalized spacial score (nSPS) is 14.6. The quantitative estimate of drug-likeness (QED) is 0.0277. The third-order valence-corrected chi connectivity index (χ3v) is 10.4. The van der Waals surface area contributed by atoms with Gasteiger partial charge in [0.1, 0.15) is 0 Å². The van der Waals surface area contributed by atoms with Crippen molar-refractivity contribution in [3.8, 4) is 0 Å². The van der Waals surface area contributed by atoms with Gasteiger partial charge in [0.05, 0.1) is 25.4 Å². The first-order valence-electron chi connectivity index (χ1n) is 21.8. The van der Waals surface area contributed by atoms with Crippen LogP contribution in [0.1, 0.15) is 194 Å². The molecule has 53 heavy (non-hydrogen) atoms. The molecule has 0 bridgehead atoms. The Hall–Kier alpha value is -1.54. The molecule has 8 nitrogen and oxygen atoms in total. The Morgan fingerprint density at radius 1 is 0.642 bits per heavy atom. The van der Waals surface area contributed by atoms with Crippen molar-refractivity contribution < 1.29 is 28.4 Å². The summed E-state index contributed by atoms with van der Waals surface area (Å²) < 4.78 is 22.1. The third kappa shape index (κ3) is 38.5. The van der Waals surface area contributed by atoms with Crippen molar-refractivity contribution in [2.24, 2.45) is 5.73 Å². The molecule has 5 N–H and O–H groups in total. The number of aliphatic hydroxyl groups excluding tert-OH is 1. The number of aliphatic hydroxyl groups is 1. The molecule has 3 unspecified atom stereocenters. The third-order valence-electron chi connectivity index (χ3n) is 9.46. The Morgan fingerprint density at radius 2 is 1.06 bits per heavy atom. The summed E-state index contributed by atoms with van der Waals surface area (Å²) in [4.78, 5) is 22.6. The van der Waals surface area contributed by atoms with Gasteiger partial charge < -0.3 is 21.1 Å². The number of unbranched alkanes of at least 4 members (excludes halogenated alkanes) is 20. The molecule has 0 saturated carbocycles. The van der Waals surface area contributed by atoms with E-state index in [1.807, 2.05) is 12.2 Å². The van der Waals surface area contributed by atoms with Crippen LogP contribution in [0.4, 0.5) is 0 Å². The van der Waals surface area contributed by atoms with E-state index in [9.17, 15) is 19.4 Å². The summed E-state index contributed by atoms with van der Waals surface area (Å²) in [6.07, 6.45) is 48.6. The van der Waals surface area contributed by atoms with Gasteiger partial charge in [-0.15, -0.1) is 0 Å². The number of phosphoric ester groups is 1. The number of allylic oxidation sites excluding steroid dienone is 8. The molecule has 3 atom stereocenters. The Bertz CT molecular complexity index is 970. The van der Waals surface area contributed by atoms with Crippen molar-refractivity contribution >= 4 is 13.7 Å². The van der Waals surface area contributed by atoms with Crippen molar-refractivity contribution in [3.05, 3.63) is 48.6 Å². The molecular weight excluding hydrogens is 683 g/mol. The fraction of sp³-hybridized carbons (Fsp3) is 0.795. The molecule has 310 valence electrons. The van der Waals surface area contributed by atoms with Crippen LogP contribution in [0.25, 0.3) is 0 Å². The lowest BCUT2D eigenvalue weighted by Crippen LogP contribution is -2.46. The van der Waals surface area contributed by atoms with Gasteiger partial charge in [0.25, 0.3) is 0 Å². The number of nitrogens with two attached hydrogens (primary N) is 1. The molecule has 0 heterocycles. The van der Waals surface area contributed by atoms with E-state index in [-0.39, 0.29) is 32.1 Å². The van der Waals surface area contributed by atoms with E-state index in [0.29, 0.717) is 12.8 Å². The monoisotopic (exact) mass is 767 g/mol. The molecule has 0 aliphatic carbocycles. The second kappa shape index (κ2) is 40.1. The van der Waals surface area contributed by atoms with Crippen molar-refractivity contribution in [3.63, 3.8) is 0 Å². The molecule has 0 saturated heterocycles. The SMILES string of the molecule is CC/C=C\C/C=C\C/C=C\C/C=C\CCC(=O)NC(COP(=O)(O)OCCN)C(O)CCCCCCCCCCCCCCCCCCCCCCC. The first-order chi connectivity index (χ1) is 25.9. The van der Waals surface area contributed by atoms with Gasteiger partial charge >= 0.3 is 7.82 Å².